The zero-order valence-electron chi connectivity index (χ0n) is 14.4. The number of hydrogen-bond donors (Lipinski definition) is 1. The Hall–Kier alpha value is -0.900. The van der Waals surface area contributed by atoms with E-state index < -0.39 is 0 Å². The highest BCUT2D eigenvalue weighted by atomic mass is 16.5. The molecular weight excluding hydrogens is 260 g/mol. The molecule has 0 fully saturated rings. The van der Waals surface area contributed by atoms with Gasteiger partial charge in [-0.2, -0.15) is 0 Å². The van der Waals surface area contributed by atoms with Crippen molar-refractivity contribution in [1.82, 2.24) is 10.2 Å². The highest BCUT2D eigenvalue weighted by molar-refractivity contribution is 5.21. The second kappa shape index (κ2) is 9.19. The zero-order valence-corrected chi connectivity index (χ0v) is 14.4. The Labute approximate surface area is 130 Å². The number of rotatable bonds is 10. The van der Waals surface area contributed by atoms with Crippen LogP contribution in [0.15, 0.2) is 30.3 Å². The molecule has 1 N–H and O–H groups in total. The minimum absolute atomic E-state index is 0.154. The van der Waals surface area contributed by atoms with Crippen molar-refractivity contribution in [3.63, 3.8) is 0 Å². The van der Waals surface area contributed by atoms with Crippen LogP contribution in [0, 0.1) is 5.41 Å². The molecule has 3 heteroatoms. The van der Waals surface area contributed by atoms with E-state index in [0.717, 1.165) is 32.8 Å². The lowest BCUT2D eigenvalue weighted by atomic mass is 9.79. The molecule has 0 heterocycles. The highest BCUT2D eigenvalue weighted by Crippen LogP contribution is 2.34. The molecule has 3 nitrogen and oxygen atoms in total. The van der Waals surface area contributed by atoms with Gasteiger partial charge in [-0.3, -0.25) is 0 Å². The number of methoxy groups -OCH3 is 1. The molecule has 0 aliphatic rings. The minimum atomic E-state index is 0.154. The second-order valence-electron chi connectivity index (χ2n) is 6.25. The third kappa shape index (κ3) is 5.77. The summed E-state index contributed by atoms with van der Waals surface area (Å²) in [6.45, 7) is 14.0. The average molecular weight is 292 g/mol. The van der Waals surface area contributed by atoms with Crippen LogP contribution in [0.4, 0.5) is 0 Å². The molecule has 0 spiro atoms. The third-order valence-electron chi connectivity index (χ3n) is 4.01. The number of benzene rings is 1. The summed E-state index contributed by atoms with van der Waals surface area (Å²) in [7, 11) is 1.77. The highest BCUT2D eigenvalue weighted by Gasteiger charge is 2.31. The average Bonchev–Trinajstić information content (AvgIpc) is 2.49. The van der Waals surface area contributed by atoms with Crippen molar-refractivity contribution in [2.75, 3.05) is 39.9 Å². The molecule has 21 heavy (non-hydrogen) atoms. The van der Waals surface area contributed by atoms with Crippen LogP contribution in [0.1, 0.15) is 39.3 Å². The largest absolute Gasteiger partial charge is 0.383 e. The number of nitrogens with one attached hydrogen (secondary N) is 1. The first-order valence-electron chi connectivity index (χ1n) is 8.04. The molecular formula is C18H32N2O. The van der Waals surface area contributed by atoms with E-state index in [1.165, 1.54) is 5.56 Å². The molecule has 1 aromatic carbocycles. The van der Waals surface area contributed by atoms with Crippen molar-refractivity contribution in [3.05, 3.63) is 35.9 Å². The van der Waals surface area contributed by atoms with Crippen LogP contribution in [-0.4, -0.2) is 44.8 Å². The maximum absolute atomic E-state index is 5.22. The van der Waals surface area contributed by atoms with Crippen LogP contribution < -0.4 is 5.32 Å². The van der Waals surface area contributed by atoms with E-state index in [1.54, 1.807) is 7.11 Å². The fourth-order valence-corrected chi connectivity index (χ4v) is 2.93. The Morgan fingerprint density at radius 1 is 1.19 bits per heavy atom. The first-order chi connectivity index (χ1) is 10.0. The molecule has 0 aliphatic heterocycles. The second-order valence-corrected chi connectivity index (χ2v) is 6.25. The lowest BCUT2D eigenvalue weighted by Gasteiger charge is -2.39. The van der Waals surface area contributed by atoms with Crippen molar-refractivity contribution < 1.29 is 4.74 Å². The smallest absolute Gasteiger partial charge is 0.0589 e. The summed E-state index contributed by atoms with van der Waals surface area (Å²) in [4.78, 5) is 2.47. The van der Waals surface area contributed by atoms with E-state index in [2.05, 4.69) is 68.2 Å². The van der Waals surface area contributed by atoms with E-state index in [0.29, 0.717) is 6.04 Å². The van der Waals surface area contributed by atoms with Crippen molar-refractivity contribution in [2.24, 2.45) is 5.41 Å². The maximum atomic E-state index is 5.22. The Morgan fingerprint density at radius 2 is 1.86 bits per heavy atom. The quantitative estimate of drug-likeness (QED) is 0.716. The Bertz CT molecular complexity index is 378. The number of likely N-dealkylation sites (N-methyl/N-ethyl adjacent to an activating group) is 1. The van der Waals surface area contributed by atoms with Crippen molar-refractivity contribution in [3.8, 4) is 0 Å². The molecule has 0 amide bonds. The van der Waals surface area contributed by atoms with Gasteiger partial charge in [0.05, 0.1) is 6.61 Å². The van der Waals surface area contributed by atoms with Gasteiger partial charge in [0.25, 0.3) is 0 Å². The normalized spacial score (nSPS) is 13.6. The van der Waals surface area contributed by atoms with Gasteiger partial charge in [-0.05, 0) is 24.1 Å². The van der Waals surface area contributed by atoms with Gasteiger partial charge in [-0.15, -0.1) is 0 Å². The SMILES string of the molecule is CCNC(c1ccccc1)C(C)(C)CN(CC)CCOC. The van der Waals surface area contributed by atoms with Crippen molar-refractivity contribution in [1.29, 1.82) is 0 Å². The predicted molar refractivity (Wildman–Crippen MR) is 90.6 cm³/mol. The van der Waals surface area contributed by atoms with Gasteiger partial charge < -0.3 is 15.0 Å². The number of ether oxygens (including phenoxy) is 1. The summed E-state index contributed by atoms with van der Waals surface area (Å²) in [5.74, 6) is 0. The molecule has 1 rings (SSSR count). The molecule has 0 aromatic heterocycles. The van der Waals surface area contributed by atoms with Crippen LogP contribution in [0.5, 0.6) is 0 Å². The summed E-state index contributed by atoms with van der Waals surface area (Å²) in [5.41, 5.74) is 1.52. The van der Waals surface area contributed by atoms with Crippen LogP contribution in [0.2, 0.25) is 0 Å². The molecule has 0 bridgehead atoms. The van der Waals surface area contributed by atoms with E-state index in [4.69, 9.17) is 4.74 Å². The fourth-order valence-electron chi connectivity index (χ4n) is 2.93. The van der Waals surface area contributed by atoms with Gasteiger partial charge in [0, 0.05) is 26.2 Å². The molecule has 1 aromatic rings. The molecule has 0 aliphatic carbocycles. The summed E-state index contributed by atoms with van der Waals surface area (Å²) >= 11 is 0. The van der Waals surface area contributed by atoms with Gasteiger partial charge in [0.15, 0.2) is 0 Å². The predicted octanol–water partition coefficient (Wildman–Crippen LogP) is 3.33. The molecule has 1 atom stereocenters. The Kier molecular flexibility index (Phi) is 7.94. The van der Waals surface area contributed by atoms with E-state index in [-0.39, 0.29) is 5.41 Å². The van der Waals surface area contributed by atoms with Gasteiger partial charge in [-0.1, -0.05) is 58.0 Å². The standard InChI is InChI=1S/C18H32N2O/c1-6-19-17(16-11-9-8-10-12-16)18(3,4)15-20(7-2)13-14-21-5/h8-12,17,19H,6-7,13-15H2,1-5H3. The van der Waals surface area contributed by atoms with Crippen LogP contribution in [-0.2, 0) is 4.74 Å². The third-order valence-corrected chi connectivity index (χ3v) is 4.01. The molecule has 1 unspecified atom stereocenters. The molecule has 0 saturated heterocycles. The Balaban J connectivity index is 2.83. The maximum Gasteiger partial charge on any atom is 0.0589 e. The van der Waals surface area contributed by atoms with Gasteiger partial charge in [-0.25, -0.2) is 0 Å². The molecule has 0 radical (unpaired) electrons. The first kappa shape index (κ1) is 18.1. The van der Waals surface area contributed by atoms with Gasteiger partial charge in [0.2, 0.25) is 0 Å². The number of hydrogen-bond acceptors (Lipinski definition) is 3. The molecule has 120 valence electrons. The molecule has 0 saturated carbocycles. The van der Waals surface area contributed by atoms with Crippen molar-refractivity contribution >= 4 is 0 Å². The lowest BCUT2D eigenvalue weighted by Crippen LogP contribution is -2.43. The van der Waals surface area contributed by atoms with E-state index >= 15 is 0 Å². The van der Waals surface area contributed by atoms with Gasteiger partial charge >= 0.3 is 0 Å². The summed E-state index contributed by atoms with van der Waals surface area (Å²) in [5, 5.41) is 3.67. The number of nitrogens with zero attached hydrogens (tertiary/aromatic N) is 1. The lowest BCUT2D eigenvalue weighted by molar-refractivity contribution is 0.103. The summed E-state index contributed by atoms with van der Waals surface area (Å²) < 4.78 is 5.22. The van der Waals surface area contributed by atoms with E-state index in [9.17, 15) is 0 Å². The van der Waals surface area contributed by atoms with Crippen molar-refractivity contribution in [2.45, 2.75) is 33.7 Å². The first-order valence-corrected chi connectivity index (χ1v) is 8.04. The Morgan fingerprint density at radius 3 is 2.38 bits per heavy atom. The minimum Gasteiger partial charge on any atom is -0.383 e. The van der Waals surface area contributed by atoms with E-state index in [1.807, 2.05) is 0 Å². The van der Waals surface area contributed by atoms with Crippen LogP contribution >= 0.6 is 0 Å². The van der Waals surface area contributed by atoms with Crippen LogP contribution in [0.25, 0.3) is 0 Å². The summed E-state index contributed by atoms with van der Waals surface area (Å²) in [6, 6.07) is 11.1. The van der Waals surface area contributed by atoms with Crippen LogP contribution in [0.3, 0.4) is 0 Å². The fraction of sp³-hybridized carbons (Fsp3) is 0.667. The zero-order chi connectivity index (χ0) is 15.7. The van der Waals surface area contributed by atoms with Gasteiger partial charge in [0.1, 0.15) is 0 Å². The monoisotopic (exact) mass is 292 g/mol. The summed E-state index contributed by atoms with van der Waals surface area (Å²) in [6.07, 6.45) is 0. The topological polar surface area (TPSA) is 24.5 Å².